The molecule has 0 spiro atoms. The Hall–Kier alpha value is -2.55. The fourth-order valence-electron chi connectivity index (χ4n) is 4.82. The van der Waals surface area contributed by atoms with E-state index in [2.05, 4.69) is 48.2 Å². The van der Waals surface area contributed by atoms with Crippen molar-refractivity contribution in [3.05, 3.63) is 41.2 Å². The fourth-order valence-corrected chi connectivity index (χ4v) is 6.52. The second-order valence-electron chi connectivity index (χ2n) is 10.3. The lowest BCUT2D eigenvalue weighted by atomic mass is 9.87. The predicted molar refractivity (Wildman–Crippen MR) is 132 cm³/mol. The summed E-state index contributed by atoms with van der Waals surface area (Å²) in [5, 5.41) is 7.70. The molecular formula is C24H35N5O3S. The van der Waals surface area contributed by atoms with Crippen molar-refractivity contribution >= 4 is 27.2 Å². The van der Waals surface area contributed by atoms with Gasteiger partial charge in [-0.1, -0.05) is 32.9 Å². The van der Waals surface area contributed by atoms with Gasteiger partial charge in [-0.15, -0.1) is 0 Å². The molecule has 1 unspecified atom stereocenters. The number of sulfone groups is 1. The van der Waals surface area contributed by atoms with Gasteiger partial charge < -0.3 is 15.1 Å². The van der Waals surface area contributed by atoms with Crippen LogP contribution in [-0.4, -0.2) is 66.8 Å². The van der Waals surface area contributed by atoms with Crippen molar-refractivity contribution < 1.29 is 13.2 Å². The van der Waals surface area contributed by atoms with E-state index in [0.29, 0.717) is 32.6 Å². The highest BCUT2D eigenvalue weighted by molar-refractivity contribution is 7.91. The van der Waals surface area contributed by atoms with Gasteiger partial charge in [-0.05, 0) is 43.4 Å². The number of anilines is 2. The van der Waals surface area contributed by atoms with Gasteiger partial charge in [0.1, 0.15) is 0 Å². The molecule has 9 heteroatoms. The summed E-state index contributed by atoms with van der Waals surface area (Å²) in [6.45, 7) is 13.2. The second-order valence-corrected chi connectivity index (χ2v) is 12.5. The van der Waals surface area contributed by atoms with Gasteiger partial charge in [-0.3, -0.25) is 4.68 Å². The summed E-state index contributed by atoms with van der Waals surface area (Å²) in [5.74, 6) is 0.400. The van der Waals surface area contributed by atoms with Crippen LogP contribution >= 0.6 is 0 Å². The minimum absolute atomic E-state index is 0.0783. The number of piperazine rings is 1. The molecule has 1 atom stereocenters. The van der Waals surface area contributed by atoms with E-state index in [9.17, 15) is 13.2 Å². The molecule has 33 heavy (non-hydrogen) atoms. The number of nitrogens with zero attached hydrogens (tertiary/aromatic N) is 4. The Balaban J connectivity index is 1.37. The third kappa shape index (κ3) is 5.03. The van der Waals surface area contributed by atoms with Crippen molar-refractivity contribution in [3.8, 4) is 0 Å². The molecule has 0 radical (unpaired) electrons. The van der Waals surface area contributed by atoms with Gasteiger partial charge in [0.2, 0.25) is 0 Å². The quantitative estimate of drug-likeness (QED) is 0.737. The number of hydrogen-bond donors (Lipinski definition) is 1. The maximum absolute atomic E-state index is 12.8. The molecule has 2 aliphatic heterocycles. The minimum Gasteiger partial charge on any atom is -0.365 e. The number of aromatic nitrogens is 2. The summed E-state index contributed by atoms with van der Waals surface area (Å²) in [5.41, 5.74) is 5.09. The number of aryl methyl sites for hydroxylation is 1. The normalized spacial score (nSPS) is 20.8. The number of rotatable bonds is 3. The molecule has 1 aromatic carbocycles. The summed E-state index contributed by atoms with van der Waals surface area (Å²) >= 11 is 0. The van der Waals surface area contributed by atoms with Gasteiger partial charge in [-0.2, -0.15) is 5.10 Å². The van der Waals surface area contributed by atoms with E-state index in [0.717, 1.165) is 22.8 Å². The van der Waals surface area contributed by atoms with E-state index < -0.39 is 9.84 Å². The number of carbonyl (C=O) groups is 1. The monoisotopic (exact) mass is 473 g/mol. The number of amides is 2. The van der Waals surface area contributed by atoms with Crippen LogP contribution in [0.2, 0.25) is 0 Å². The van der Waals surface area contributed by atoms with E-state index in [1.165, 1.54) is 5.56 Å². The van der Waals surface area contributed by atoms with Gasteiger partial charge in [0.05, 0.1) is 34.6 Å². The number of hydrogen-bond acceptors (Lipinski definition) is 5. The van der Waals surface area contributed by atoms with E-state index >= 15 is 0 Å². The molecular weight excluding hydrogens is 438 g/mol. The summed E-state index contributed by atoms with van der Waals surface area (Å²) in [4.78, 5) is 16.9. The third-order valence-corrected chi connectivity index (χ3v) is 8.48. The van der Waals surface area contributed by atoms with Crippen LogP contribution in [0.15, 0.2) is 24.3 Å². The zero-order chi connectivity index (χ0) is 24.0. The maximum atomic E-state index is 12.8. The first-order valence-corrected chi connectivity index (χ1v) is 13.4. The second kappa shape index (κ2) is 8.66. The number of urea groups is 1. The maximum Gasteiger partial charge on any atom is 0.321 e. The highest BCUT2D eigenvalue weighted by atomic mass is 32.2. The number of carbonyl (C=O) groups excluding carboxylic acids is 1. The largest absolute Gasteiger partial charge is 0.365 e. The topological polar surface area (TPSA) is 87.5 Å². The van der Waals surface area contributed by atoms with Crippen LogP contribution in [0.3, 0.4) is 0 Å². The summed E-state index contributed by atoms with van der Waals surface area (Å²) < 4.78 is 25.7. The zero-order valence-corrected chi connectivity index (χ0v) is 21.1. The van der Waals surface area contributed by atoms with Crippen molar-refractivity contribution in [2.24, 2.45) is 0 Å². The molecule has 180 valence electrons. The lowest BCUT2D eigenvalue weighted by Crippen LogP contribution is -2.50. The van der Waals surface area contributed by atoms with Crippen molar-refractivity contribution in [2.45, 2.75) is 52.5 Å². The number of benzene rings is 1. The Labute approximate surface area is 196 Å². The zero-order valence-electron chi connectivity index (χ0n) is 20.3. The molecule has 2 fully saturated rings. The Kier molecular flexibility index (Phi) is 6.20. The molecule has 2 saturated heterocycles. The Morgan fingerprint density at radius 2 is 1.70 bits per heavy atom. The molecule has 2 aromatic rings. The summed E-state index contributed by atoms with van der Waals surface area (Å²) in [7, 11) is -2.97. The van der Waals surface area contributed by atoms with Crippen LogP contribution in [0.5, 0.6) is 0 Å². The van der Waals surface area contributed by atoms with Crippen molar-refractivity contribution in [1.82, 2.24) is 14.7 Å². The van der Waals surface area contributed by atoms with Crippen molar-refractivity contribution in [2.75, 3.05) is 47.9 Å². The van der Waals surface area contributed by atoms with Crippen LogP contribution in [-0.2, 0) is 15.3 Å². The molecule has 0 saturated carbocycles. The molecule has 1 N–H and O–H groups in total. The fraction of sp³-hybridized carbons (Fsp3) is 0.583. The highest BCUT2D eigenvalue weighted by Gasteiger charge is 2.33. The molecule has 4 rings (SSSR count). The average Bonchev–Trinajstić information content (AvgIpc) is 3.25. The smallest absolute Gasteiger partial charge is 0.321 e. The first kappa shape index (κ1) is 23.6. The summed E-state index contributed by atoms with van der Waals surface area (Å²) in [6, 6.07) is 7.87. The molecule has 2 amide bonds. The van der Waals surface area contributed by atoms with E-state index in [1.54, 1.807) is 0 Å². The van der Waals surface area contributed by atoms with Gasteiger partial charge >= 0.3 is 6.03 Å². The Bertz CT molecular complexity index is 1120. The molecule has 8 nitrogen and oxygen atoms in total. The van der Waals surface area contributed by atoms with Crippen LogP contribution in [0, 0.1) is 13.8 Å². The standard InChI is InChI=1S/C24H35N5O3S/c1-17-22(18(2)29(26-17)21-10-15-33(31,32)16-21)27-11-13-28(14-12-27)23(30)25-20-8-6-19(7-9-20)24(3,4)5/h6-9,21H,10-16H2,1-5H3,(H,25,30). The molecule has 0 aliphatic carbocycles. The van der Waals surface area contributed by atoms with Gasteiger partial charge in [0.15, 0.2) is 9.84 Å². The van der Waals surface area contributed by atoms with Crippen molar-refractivity contribution in [1.29, 1.82) is 0 Å². The van der Waals surface area contributed by atoms with Gasteiger partial charge in [-0.25, -0.2) is 13.2 Å². The van der Waals surface area contributed by atoms with E-state index in [1.807, 2.05) is 35.6 Å². The van der Waals surface area contributed by atoms with Crippen LogP contribution in [0.1, 0.15) is 50.2 Å². The lowest BCUT2D eigenvalue weighted by molar-refractivity contribution is 0.208. The van der Waals surface area contributed by atoms with Crippen molar-refractivity contribution in [3.63, 3.8) is 0 Å². The lowest BCUT2D eigenvalue weighted by Gasteiger charge is -2.36. The molecule has 0 bridgehead atoms. The van der Waals surface area contributed by atoms with Gasteiger partial charge in [0, 0.05) is 31.9 Å². The predicted octanol–water partition coefficient (Wildman–Crippen LogP) is 3.51. The highest BCUT2D eigenvalue weighted by Crippen LogP contribution is 2.32. The molecule has 3 heterocycles. The SMILES string of the molecule is Cc1nn(C2CCS(=O)(=O)C2)c(C)c1N1CCN(C(=O)Nc2ccc(C(C)(C)C)cc2)CC1. The minimum atomic E-state index is -2.97. The first-order chi connectivity index (χ1) is 15.4. The van der Waals surface area contributed by atoms with Gasteiger partial charge in [0.25, 0.3) is 0 Å². The molecule has 1 aromatic heterocycles. The van der Waals surface area contributed by atoms with Crippen LogP contribution in [0.25, 0.3) is 0 Å². The Morgan fingerprint density at radius 1 is 1.06 bits per heavy atom. The van der Waals surface area contributed by atoms with E-state index in [4.69, 9.17) is 0 Å². The average molecular weight is 474 g/mol. The summed E-state index contributed by atoms with van der Waals surface area (Å²) in [6.07, 6.45) is 0.619. The number of nitrogens with one attached hydrogen (secondary N) is 1. The van der Waals surface area contributed by atoms with Crippen LogP contribution in [0.4, 0.5) is 16.2 Å². The third-order valence-electron chi connectivity index (χ3n) is 6.73. The van der Waals surface area contributed by atoms with E-state index in [-0.39, 0.29) is 29.0 Å². The van der Waals surface area contributed by atoms with Crippen LogP contribution < -0.4 is 10.2 Å². The Morgan fingerprint density at radius 3 is 2.24 bits per heavy atom. The molecule has 2 aliphatic rings. The first-order valence-electron chi connectivity index (χ1n) is 11.6.